The zero-order chi connectivity index (χ0) is 16.1. The highest BCUT2D eigenvalue weighted by atomic mass is 16.5. The van der Waals surface area contributed by atoms with E-state index < -0.39 is 5.97 Å². The summed E-state index contributed by atoms with van der Waals surface area (Å²) in [5.41, 5.74) is 1.77. The molecule has 1 aliphatic heterocycles. The minimum absolute atomic E-state index is 0.0523. The minimum atomic E-state index is -0.444. The number of hydrogen-bond donors (Lipinski definition) is 1. The first-order valence-corrected chi connectivity index (χ1v) is 7.53. The second-order valence-corrected chi connectivity index (χ2v) is 5.19. The van der Waals surface area contributed by atoms with Gasteiger partial charge in [-0.25, -0.2) is 4.79 Å². The molecule has 1 atom stereocenters. The molecule has 0 aliphatic carbocycles. The van der Waals surface area contributed by atoms with E-state index in [-0.39, 0.29) is 18.7 Å². The van der Waals surface area contributed by atoms with Crippen molar-refractivity contribution in [2.24, 2.45) is 0 Å². The number of esters is 1. The van der Waals surface area contributed by atoms with Gasteiger partial charge in [-0.3, -0.25) is 9.69 Å². The number of nitrogens with zero attached hydrogens (tertiary/aromatic N) is 1. The number of fused-ring (bicyclic) bond motifs is 1. The third-order valence-electron chi connectivity index (χ3n) is 3.47. The first kappa shape index (κ1) is 16.1. The number of nitrogens with one attached hydrogen (secondary N) is 1. The average Bonchev–Trinajstić information content (AvgIpc) is 2.51. The Morgan fingerprint density at radius 3 is 2.86 bits per heavy atom. The number of rotatable bonds is 4. The Kier molecular flexibility index (Phi) is 5.25. The number of carbonyl (C=O) groups excluding carboxylic acids is 2. The van der Waals surface area contributed by atoms with Gasteiger partial charge < -0.3 is 14.8 Å². The average molecular weight is 306 g/mol. The van der Waals surface area contributed by atoms with E-state index in [0.717, 1.165) is 17.7 Å². The van der Waals surface area contributed by atoms with Crippen LogP contribution in [0.5, 0.6) is 5.75 Å². The third kappa shape index (κ3) is 3.69. The van der Waals surface area contributed by atoms with Crippen molar-refractivity contribution in [3.63, 3.8) is 0 Å². The second-order valence-electron chi connectivity index (χ2n) is 5.19. The summed E-state index contributed by atoms with van der Waals surface area (Å²) in [4.78, 5) is 25.4. The molecule has 0 spiro atoms. The fourth-order valence-electron chi connectivity index (χ4n) is 2.32. The van der Waals surface area contributed by atoms with Crippen LogP contribution in [0.1, 0.15) is 25.8 Å². The van der Waals surface area contributed by atoms with E-state index in [4.69, 9.17) is 9.47 Å². The Balaban J connectivity index is 2.13. The molecule has 120 valence electrons. The first-order chi connectivity index (χ1) is 10.5. The molecule has 0 fully saturated rings. The number of ether oxygens (including phenoxy) is 2. The molecular formula is C16H22N2O4. The normalized spacial score (nSPS) is 16.5. The van der Waals surface area contributed by atoms with Crippen molar-refractivity contribution in [3.8, 4) is 5.75 Å². The van der Waals surface area contributed by atoms with E-state index in [2.05, 4.69) is 5.32 Å². The largest absolute Gasteiger partial charge is 0.486 e. The van der Waals surface area contributed by atoms with Crippen molar-refractivity contribution in [1.29, 1.82) is 0 Å². The van der Waals surface area contributed by atoms with Crippen molar-refractivity contribution in [3.05, 3.63) is 23.8 Å². The van der Waals surface area contributed by atoms with Crippen LogP contribution in [0.4, 0.5) is 10.5 Å². The second kappa shape index (κ2) is 7.15. The number of anilines is 1. The lowest BCUT2D eigenvalue weighted by molar-refractivity contribution is -0.141. The molecule has 1 aliphatic rings. The van der Waals surface area contributed by atoms with Crippen molar-refractivity contribution in [2.75, 3.05) is 24.6 Å². The molecule has 1 N–H and O–H groups in total. The molecule has 2 rings (SSSR count). The maximum atomic E-state index is 12.4. The maximum Gasteiger partial charge on any atom is 0.325 e. The van der Waals surface area contributed by atoms with E-state index >= 15 is 0 Å². The van der Waals surface area contributed by atoms with Gasteiger partial charge in [0.15, 0.2) is 0 Å². The lowest BCUT2D eigenvalue weighted by Crippen LogP contribution is -2.49. The molecule has 6 nitrogen and oxygen atoms in total. The summed E-state index contributed by atoms with van der Waals surface area (Å²) in [6.07, 6.45) is 0.748. The minimum Gasteiger partial charge on any atom is -0.486 e. The van der Waals surface area contributed by atoms with E-state index in [1.54, 1.807) is 11.8 Å². The van der Waals surface area contributed by atoms with Crippen LogP contribution >= 0.6 is 0 Å². The molecule has 0 saturated carbocycles. The van der Waals surface area contributed by atoms with E-state index in [1.165, 1.54) is 0 Å². The van der Waals surface area contributed by atoms with Crippen molar-refractivity contribution in [2.45, 2.75) is 33.3 Å². The van der Waals surface area contributed by atoms with Gasteiger partial charge in [-0.15, -0.1) is 0 Å². The summed E-state index contributed by atoms with van der Waals surface area (Å²) >= 11 is 0. The molecule has 0 bridgehead atoms. The number of urea groups is 1. The van der Waals surface area contributed by atoms with Crippen LogP contribution in [0, 0.1) is 6.92 Å². The van der Waals surface area contributed by atoms with Crippen molar-refractivity contribution < 1.29 is 19.1 Å². The van der Waals surface area contributed by atoms with Gasteiger partial charge in [-0.2, -0.15) is 0 Å². The summed E-state index contributed by atoms with van der Waals surface area (Å²) in [6, 6.07) is 5.41. The smallest absolute Gasteiger partial charge is 0.325 e. The summed E-state index contributed by atoms with van der Waals surface area (Å²) < 4.78 is 10.7. The first-order valence-electron chi connectivity index (χ1n) is 7.53. The van der Waals surface area contributed by atoms with Crippen LogP contribution in [0.2, 0.25) is 0 Å². The van der Waals surface area contributed by atoms with Gasteiger partial charge in [0.05, 0.1) is 18.8 Å². The van der Waals surface area contributed by atoms with Gasteiger partial charge in [0.1, 0.15) is 18.4 Å². The Morgan fingerprint density at radius 1 is 1.41 bits per heavy atom. The standard InChI is InChI=1S/C16H22N2O4/c1-4-12-10-18(16(20)17-9-15(19)21-5-2)13-8-11(3)6-7-14(13)22-12/h6-8,12H,4-5,9-10H2,1-3H3,(H,17,20)/t12-/m1/s1. The summed E-state index contributed by atoms with van der Waals surface area (Å²) in [5.74, 6) is 0.246. The predicted molar refractivity (Wildman–Crippen MR) is 83.3 cm³/mol. The van der Waals surface area contributed by atoms with Crippen molar-refractivity contribution >= 4 is 17.7 Å². The molecule has 1 aromatic rings. The zero-order valence-corrected chi connectivity index (χ0v) is 13.2. The third-order valence-corrected chi connectivity index (χ3v) is 3.47. The number of benzene rings is 1. The molecule has 0 saturated heterocycles. The molecule has 0 unspecified atom stereocenters. The number of hydrogen-bond acceptors (Lipinski definition) is 4. The lowest BCUT2D eigenvalue weighted by atomic mass is 10.1. The Morgan fingerprint density at radius 2 is 2.18 bits per heavy atom. The Labute approximate surface area is 130 Å². The van der Waals surface area contributed by atoms with E-state index in [0.29, 0.717) is 18.9 Å². The molecular weight excluding hydrogens is 284 g/mol. The van der Waals surface area contributed by atoms with Gasteiger partial charge in [-0.05, 0) is 38.0 Å². The van der Waals surface area contributed by atoms with Gasteiger partial charge in [0, 0.05) is 0 Å². The summed E-state index contributed by atoms with van der Waals surface area (Å²) in [7, 11) is 0. The topological polar surface area (TPSA) is 67.9 Å². The van der Waals surface area contributed by atoms with Crippen LogP contribution in [0.25, 0.3) is 0 Å². The highest BCUT2D eigenvalue weighted by molar-refractivity contribution is 5.95. The van der Waals surface area contributed by atoms with Crippen LogP contribution in [-0.4, -0.2) is 37.8 Å². The lowest BCUT2D eigenvalue weighted by Gasteiger charge is -2.34. The molecule has 22 heavy (non-hydrogen) atoms. The monoisotopic (exact) mass is 306 g/mol. The Hall–Kier alpha value is -2.24. The Bertz CT molecular complexity index is 559. The highest BCUT2D eigenvalue weighted by Crippen LogP contribution is 2.34. The van der Waals surface area contributed by atoms with E-state index in [1.807, 2.05) is 32.0 Å². The number of amides is 2. The molecule has 0 radical (unpaired) electrons. The molecule has 6 heteroatoms. The maximum absolute atomic E-state index is 12.4. The van der Waals surface area contributed by atoms with Crippen LogP contribution in [0.3, 0.4) is 0 Å². The van der Waals surface area contributed by atoms with Gasteiger partial charge in [0.25, 0.3) is 0 Å². The fourth-order valence-corrected chi connectivity index (χ4v) is 2.32. The molecule has 0 aromatic heterocycles. The van der Waals surface area contributed by atoms with Gasteiger partial charge in [-0.1, -0.05) is 13.0 Å². The molecule has 1 heterocycles. The quantitative estimate of drug-likeness (QED) is 0.866. The van der Waals surface area contributed by atoms with Gasteiger partial charge >= 0.3 is 12.0 Å². The molecule has 2 amide bonds. The van der Waals surface area contributed by atoms with E-state index in [9.17, 15) is 9.59 Å². The SMILES string of the molecule is CCOC(=O)CNC(=O)N1C[C@@H](CC)Oc2ccc(C)cc21. The summed E-state index contributed by atoms with van der Waals surface area (Å²) in [5, 5.41) is 2.60. The summed E-state index contributed by atoms with van der Waals surface area (Å²) in [6.45, 7) is 6.32. The fraction of sp³-hybridized carbons (Fsp3) is 0.500. The predicted octanol–water partition coefficient (Wildman–Crippen LogP) is 2.25. The number of carbonyl (C=O) groups is 2. The molecule has 1 aromatic carbocycles. The van der Waals surface area contributed by atoms with Crippen LogP contribution < -0.4 is 15.0 Å². The number of aryl methyl sites for hydroxylation is 1. The highest BCUT2D eigenvalue weighted by Gasteiger charge is 2.29. The van der Waals surface area contributed by atoms with Gasteiger partial charge in [0.2, 0.25) is 0 Å². The van der Waals surface area contributed by atoms with Crippen LogP contribution in [-0.2, 0) is 9.53 Å². The van der Waals surface area contributed by atoms with Crippen LogP contribution in [0.15, 0.2) is 18.2 Å². The zero-order valence-electron chi connectivity index (χ0n) is 13.2. The van der Waals surface area contributed by atoms with Crippen molar-refractivity contribution in [1.82, 2.24) is 5.32 Å².